The molecule has 2 aliphatic heterocycles. The molecule has 0 aliphatic carbocycles. The lowest BCUT2D eigenvalue weighted by molar-refractivity contribution is -0.274. The summed E-state index contributed by atoms with van der Waals surface area (Å²) in [4.78, 5) is 27.4. The molecule has 36 heavy (non-hydrogen) atoms. The van der Waals surface area contributed by atoms with Gasteiger partial charge in [0.05, 0.1) is 10.5 Å². The predicted molar refractivity (Wildman–Crippen MR) is 115 cm³/mol. The minimum absolute atomic E-state index is 0.163. The number of rotatable bonds is 5. The van der Waals surface area contributed by atoms with Gasteiger partial charge in [0.1, 0.15) is 18.2 Å². The van der Waals surface area contributed by atoms with Crippen LogP contribution in [-0.2, 0) is 21.4 Å². The number of nitrogens with zero attached hydrogens (tertiary/aromatic N) is 2. The number of halogens is 4. The Morgan fingerprint density at radius 1 is 1.08 bits per heavy atom. The van der Waals surface area contributed by atoms with Crippen molar-refractivity contribution in [3.05, 3.63) is 71.2 Å². The van der Waals surface area contributed by atoms with Gasteiger partial charge in [0, 0.05) is 31.8 Å². The third-order valence-electron chi connectivity index (χ3n) is 5.62. The Morgan fingerprint density at radius 3 is 2.36 bits per heavy atom. The Bertz CT molecular complexity index is 1330. The summed E-state index contributed by atoms with van der Waals surface area (Å²) < 4.78 is 82.7. The summed E-state index contributed by atoms with van der Waals surface area (Å²) >= 11 is 0. The highest BCUT2D eigenvalue weighted by Gasteiger charge is 2.38. The first kappa shape index (κ1) is 25.4. The molecule has 2 amide bonds. The van der Waals surface area contributed by atoms with Crippen LogP contribution in [0, 0.1) is 11.7 Å². The van der Waals surface area contributed by atoms with Crippen molar-refractivity contribution < 1.29 is 45.0 Å². The van der Waals surface area contributed by atoms with Crippen molar-refractivity contribution in [3.8, 4) is 5.75 Å². The molecule has 0 bridgehead atoms. The van der Waals surface area contributed by atoms with Crippen LogP contribution in [0.2, 0.25) is 0 Å². The van der Waals surface area contributed by atoms with Gasteiger partial charge in [-0.25, -0.2) is 22.7 Å². The number of ether oxygens (including phenoxy) is 2. The molecule has 0 spiro atoms. The van der Waals surface area contributed by atoms with E-state index >= 15 is 0 Å². The van der Waals surface area contributed by atoms with Crippen molar-refractivity contribution in [1.82, 2.24) is 9.80 Å². The molecule has 2 N–H and O–H groups in total. The fourth-order valence-electron chi connectivity index (χ4n) is 3.91. The van der Waals surface area contributed by atoms with Crippen molar-refractivity contribution in [2.45, 2.75) is 17.9 Å². The summed E-state index contributed by atoms with van der Waals surface area (Å²) in [5, 5.41) is 4.97. The third kappa shape index (κ3) is 5.76. The van der Waals surface area contributed by atoms with Crippen LogP contribution < -0.4 is 9.88 Å². The molecule has 9 nitrogen and oxygen atoms in total. The van der Waals surface area contributed by atoms with Crippen LogP contribution in [0.4, 0.5) is 22.4 Å². The average molecular weight is 529 g/mol. The maximum atomic E-state index is 14.3. The van der Waals surface area contributed by atoms with Gasteiger partial charge in [-0.1, -0.05) is 12.1 Å². The number of amides is 2. The molecule has 1 atom stereocenters. The van der Waals surface area contributed by atoms with Crippen molar-refractivity contribution in [2.24, 2.45) is 11.1 Å². The zero-order chi connectivity index (χ0) is 26.3. The summed E-state index contributed by atoms with van der Waals surface area (Å²) in [7, 11) is -4.12. The second kappa shape index (κ2) is 9.43. The van der Waals surface area contributed by atoms with Crippen LogP contribution in [0.5, 0.6) is 5.75 Å². The van der Waals surface area contributed by atoms with Crippen LogP contribution in [0.15, 0.2) is 59.1 Å². The molecule has 0 unspecified atom stereocenters. The quantitative estimate of drug-likeness (QED) is 0.595. The van der Waals surface area contributed by atoms with E-state index in [1.165, 1.54) is 28.1 Å². The van der Waals surface area contributed by atoms with Gasteiger partial charge in [-0.3, -0.25) is 4.79 Å². The van der Waals surface area contributed by atoms with E-state index < -0.39 is 44.8 Å². The highest BCUT2D eigenvalue weighted by Crippen LogP contribution is 2.31. The van der Waals surface area contributed by atoms with Crippen LogP contribution >= 0.6 is 0 Å². The molecule has 192 valence electrons. The van der Waals surface area contributed by atoms with Crippen molar-refractivity contribution in [2.75, 3.05) is 19.6 Å². The smallest absolute Gasteiger partial charge is 0.445 e. The maximum absolute atomic E-state index is 14.3. The summed E-state index contributed by atoms with van der Waals surface area (Å²) in [6.45, 7) is 0.455. The molecule has 2 heterocycles. The third-order valence-corrected chi connectivity index (χ3v) is 6.53. The van der Waals surface area contributed by atoms with Crippen LogP contribution in [0.1, 0.15) is 15.9 Å². The van der Waals surface area contributed by atoms with E-state index in [0.29, 0.717) is 11.6 Å². The van der Waals surface area contributed by atoms with Gasteiger partial charge in [-0.05, 0) is 41.5 Å². The summed E-state index contributed by atoms with van der Waals surface area (Å²) in [6, 6.07) is 7.68. The van der Waals surface area contributed by atoms with Crippen LogP contribution in [0.25, 0.3) is 0 Å². The fraction of sp³-hybridized carbons (Fsp3) is 0.273. The number of nitrogens with two attached hydrogens (primary N) is 1. The Labute approximate surface area is 202 Å². The van der Waals surface area contributed by atoms with E-state index in [-0.39, 0.29) is 37.7 Å². The standard InChI is InChI=1S/C22H19F4N3O6S/c23-19-7-17(36(27,32)33)5-6-18(19)20(30)28-8-14-10-29(11-15(14)9-28)21(31)34-12-13-1-3-16(4-2-13)35-22(24,25)26/h1-8,15H,9-12H2,(H2,27,32,33)/t15-/m0/s1. The second-order valence-corrected chi connectivity index (χ2v) is 9.73. The molecule has 2 aliphatic rings. The van der Waals surface area contributed by atoms with Crippen molar-refractivity contribution in [3.63, 3.8) is 0 Å². The van der Waals surface area contributed by atoms with Gasteiger partial charge in [0.25, 0.3) is 5.91 Å². The molecule has 1 saturated heterocycles. The van der Waals surface area contributed by atoms with E-state index in [1.807, 2.05) is 0 Å². The number of hydrogen-bond acceptors (Lipinski definition) is 6. The average Bonchev–Trinajstić information content (AvgIpc) is 3.36. The number of primary sulfonamides is 1. The topological polar surface area (TPSA) is 119 Å². The summed E-state index contributed by atoms with van der Waals surface area (Å²) in [6.07, 6.45) is -3.92. The minimum Gasteiger partial charge on any atom is -0.445 e. The number of benzene rings is 2. The zero-order valence-corrected chi connectivity index (χ0v) is 19.2. The molecule has 14 heteroatoms. The lowest BCUT2D eigenvalue weighted by Gasteiger charge is -2.20. The number of likely N-dealkylation sites (tertiary alicyclic amines) is 1. The van der Waals surface area contributed by atoms with Gasteiger partial charge < -0.3 is 19.3 Å². The van der Waals surface area contributed by atoms with E-state index in [2.05, 4.69) is 4.74 Å². The first-order valence-corrected chi connectivity index (χ1v) is 11.9. The number of carbonyl (C=O) groups excluding carboxylic acids is 2. The van der Waals surface area contributed by atoms with Crippen molar-refractivity contribution in [1.29, 1.82) is 0 Å². The van der Waals surface area contributed by atoms with Crippen LogP contribution in [0.3, 0.4) is 0 Å². The molecule has 2 aromatic carbocycles. The van der Waals surface area contributed by atoms with Gasteiger partial charge in [-0.15, -0.1) is 13.2 Å². The molecule has 0 aromatic heterocycles. The minimum atomic E-state index is -4.80. The molecule has 0 saturated carbocycles. The Kier molecular flexibility index (Phi) is 6.66. The van der Waals surface area contributed by atoms with Crippen LogP contribution in [-0.4, -0.2) is 56.2 Å². The lowest BCUT2D eigenvalue weighted by Crippen LogP contribution is -2.33. The highest BCUT2D eigenvalue weighted by molar-refractivity contribution is 7.89. The fourth-order valence-corrected chi connectivity index (χ4v) is 4.44. The van der Waals surface area contributed by atoms with Gasteiger partial charge in [0.2, 0.25) is 10.0 Å². The summed E-state index contributed by atoms with van der Waals surface area (Å²) in [5.74, 6) is -2.27. The van der Waals surface area contributed by atoms with E-state index in [0.717, 1.165) is 29.8 Å². The van der Waals surface area contributed by atoms with E-state index in [1.54, 1.807) is 0 Å². The number of alkyl halides is 3. The maximum Gasteiger partial charge on any atom is 0.573 e. The normalized spacial score (nSPS) is 17.6. The first-order chi connectivity index (χ1) is 16.8. The lowest BCUT2D eigenvalue weighted by atomic mass is 10.1. The monoisotopic (exact) mass is 529 g/mol. The number of carbonyl (C=O) groups is 2. The van der Waals surface area contributed by atoms with Gasteiger partial charge in [-0.2, -0.15) is 0 Å². The number of fused-ring (bicyclic) bond motifs is 1. The molecule has 0 radical (unpaired) electrons. The largest absolute Gasteiger partial charge is 0.573 e. The molecule has 4 rings (SSSR count). The van der Waals surface area contributed by atoms with Gasteiger partial charge in [0.15, 0.2) is 0 Å². The predicted octanol–water partition coefficient (Wildman–Crippen LogP) is 2.98. The Balaban J connectivity index is 1.32. The van der Waals surface area contributed by atoms with E-state index in [9.17, 15) is 35.6 Å². The number of sulfonamides is 1. The first-order valence-electron chi connectivity index (χ1n) is 10.4. The SMILES string of the molecule is NS(=O)(=O)c1ccc(C(=O)N2C=C3CN(C(=O)OCc4ccc(OC(F)(F)F)cc4)C[C@@H]3C2)c(F)c1. The van der Waals surface area contributed by atoms with E-state index in [4.69, 9.17) is 9.88 Å². The molecule has 2 aromatic rings. The summed E-state index contributed by atoms with van der Waals surface area (Å²) in [5.41, 5.74) is 0.904. The molecular weight excluding hydrogens is 510 g/mol. The highest BCUT2D eigenvalue weighted by atomic mass is 32.2. The van der Waals surface area contributed by atoms with Crippen molar-refractivity contribution >= 4 is 22.0 Å². The zero-order valence-electron chi connectivity index (χ0n) is 18.4. The Morgan fingerprint density at radius 2 is 1.78 bits per heavy atom. The molecule has 1 fully saturated rings. The Hall–Kier alpha value is -3.65. The van der Waals surface area contributed by atoms with Gasteiger partial charge >= 0.3 is 12.5 Å². The second-order valence-electron chi connectivity index (χ2n) is 8.17. The molecular formula is C22H19F4N3O6S. The number of hydrogen-bond donors (Lipinski definition) is 1.